The Kier molecular flexibility index (Phi) is 3.23. The summed E-state index contributed by atoms with van der Waals surface area (Å²) in [5.74, 6) is -0.0547. The van der Waals surface area contributed by atoms with Gasteiger partial charge in [0.15, 0.2) is 0 Å². The lowest BCUT2D eigenvalue weighted by atomic mass is 10.1. The number of nitrogens with one attached hydrogen (secondary N) is 1. The van der Waals surface area contributed by atoms with Gasteiger partial charge in [0.25, 0.3) is 0 Å². The molecule has 0 saturated heterocycles. The van der Waals surface area contributed by atoms with Gasteiger partial charge in [-0.2, -0.15) is 0 Å². The molecule has 0 radical (unpaired) electrons. The summed E-state index contributed by atoms with van der Waals surface area (Å²) in [7, 11) is 0. The minimum Gasteiger partial charge on any atom is -0.481 e. The lowest BCUT2D eigenvalue weighted by Crippen LogP contribution is -2.09. The lowest BCUT2D eigenvalue weighted by Gasteiger charge is -2.08. The molecule has 17 heavy (non-hydrogen) atoms. The third kappa shape index (κ3) is 2.72. The second-order valence-corrected chi connectivity index (χ2v) is 3.92. The van der Waals surface area contributed by atoms with Crippen LogP contribution in [0.2, 0.25) is 0 Å². The third-order valence-corrected chi connectivity index (χ3v) is 2.55. The predicted octanol–water partition coefficient (Wildman–Crippen LogP) is 2.43. The molecule has 1 aromatic heterocycles. The highest BCUT2D eigenvalue weighted by Gasteiger charge is 2.03. The van der Waals surface area contributed by atoms with E-state index in [1.807, 2.05) is 37.3 Å². The minimum absolute atomic E-state index is 0.0912. The topological polar surface area (TPSA) is 62.2 Å². The van der Waals surface area contributed by atoms with Crippen LogP contribution in [0.1, 0.15) is 12.0 Å². The predicted molar refractivity (Wildman–Crippen MR) is 67.2 cm³/mol. The number of pyridine rings is 1. The number of hydrogen-bond donors (Lipinski definition) is 2. The number of anilines is 1. The van der Waals surface area contributed by atoms with E-state index in [9.17, 15) is 4.79 Å². The van der Waals surface area contributed by atoms with Crippen LogP contribution < -0.4 is 5.32 Å². The number of carboxylic acid groups (broad SMARTS) is 1. The van der Waals surface area contributed by atoms with E-state index >= 15 is 0 Å². The SMILES string of the molecule is Cc1cc2ccccc2nc1NCCC(=O)O. The van der Waals surface area contributed by atoms with E-state index in [0.29, 0.717) is 6.54 Å². The van der Waals surface area contributed by atoms with Gasteiger partial charge in [-0.3, -0.25) is 4.79 Å². The first-order valence-electron chi connectivity index (χ1n) is 5.49. The van der Waals surface area contributed by atoms with Crippen LogP contribution >= 0.6 is 0 Å². The van der Waals surface area contributed by atoms with E-state index in [2.05, 4.69) is 10.3 Å². The van der Waals surface area contributed by atoms with Crippen molar-refractivity contribution in [1.29, 1.82) is 0 Å². The maximum atomic E-state index is 10.4. The van der Waals surface area contributed by atoms with Gasteiger partial charge in [-0.1, -0.05) is 18.2 Å². The van der Waals surface area contributed by atoms with Gasteiger partial charge in [-0.25, -0.2) is 4.98 Å². The first kappa shape index (κ1) is 11.4. The Morgan fingerprint density at radius 3 is 2.94 bits per heavy atom. The fourth-order valence-corrected chi connectivity index (χ4v) is 1.69. The maximum Gasteiger partial charge on any atom is 0.305 e. The van der Waals surface area contributed by atoms with Gasteiger partial charge >= 0.3 is 5.97 Å². The van der Waals surface area contributed by atoms with Crippen molar-refractivity contribution >= 4 is 22.7 Å². The number of para-hydroxylation sites is 1. The molecule has 88 valence electrons. The normalized spacial score (nSPS) is 10.4. The molecule has 0 unspecified atom stereocenters. The van der Waals surface area contributed by atoms with Crippen molar-refractivity contribution in [2.75, 3.05) is 11.9 Å². The molecule has 1 aromatic carbocycles. The zero-order chi connectivity index (χ0) is 12.3. The Labute approximate surface area is 99.3 Å². The summed E-state index contributed by atoms with van der Waals surface area (Å²) in [4.78, 5) is 14.9. The molecule has 4 nitrogen and oxygen atoms in total. The minimum atomic E-state index is -0.809. The second kappa shape index (κ2) is 4.82. The molecule has 2 aromatic rings. The largest absolute Gasteiger partial charge is 0.481 e. The van der Waals surface area contributed by atoms with Crippen LogP contribution in [0.15, 0.2) is 30.3 Å². The molecule has 0 spiro atoms. The molecule has 4 heteroatoms. The van der Waals surface area contributed by atoms with Crippen molar-refractivity contribution < 1.29 is 9.90 Å². The van der Waals surface area contributed by atoms with Gasteiger partial charge in [0.05, 0.1) is 11.9 Å². The number of fused-ring (bicyclic) bond motifs is 1. The van der Waals surface area contributed by atoms with Crippen molar-refractivity contribution in [3.63, 3.8) is 0 Å². The summed E-state index contributed by atoms with van der Waals surface area (Å²) in [5, 5.41) is 12.7. The summed E-state index contributed by atoms with van der Waals surface area (Å²) >= 11 is 0. The Balaban J connectivity index is 2.22. The van der Waals surface area contributed by atoms with Gasteiger partial charge in [-0.15, -0.1) is 0 Å². The smallest absolute Gasteiger partial charge is 0.305 e. The summed E-state index contributed by atoms with van der Waals surface area (Å²) < 4.78 is 0. The first-order chi connectivity index (χ1) is 8.16. The van der Waals surface area contributed by atoms with E-state index in [0.717, 1.165) is 22.3 Å². The summed E-state index contributed by atoms with van der Waals surface area (Å²) in [6.07, 6.45) is 0.0912. The number of aliphatic carboxylic acids is 1. The van der Waals surface area contributed by atoms with Gasteiger partial charge in [0, 0.05) is 11.9 Å². The molecule has 0 saturated carbocycles. The number of benzene rings is 1. The monoisotopic (exact) mass is 230 g/mol. The highest BCUT2D eigenvalue weighted by atomic mass is 16.4. The van der Waals surface area contributed by atoms with Gasteiger partial charge in [0.2, 0.25) is 0 Å². The van der Waals surface area contributed by atoms with Crippen molar-refractivity contribution in [3.05, 3.63) is 35.9 Å². The average Bonchev–Trinajstić information content (AvgIpc) is 2.29. The second-order valence-electron chi connectivity index (χ2n) is 3.92. The molecule has 1 heterocycles. The van der Waals surface area contributed by atoms with Crippen molar-refractivity contribution in [2.45, 2.75) is 13.3 Å². The number of aryl methyl sites for hydroxylation is 1. The van der Waals surface area contributed by atoms with E-state index in [4.69, 9.17) is 5.11 Å². The van der Waals surface area contributed by atoms with Crippen LogP contribution in [0.3, 0.4) is 0 Å². The molecule has 0 aliphatic carbocycles. The van der Waals surface area contributed by atoms with Crippen LogP contribution in [0.5, 0.6) is 0 Å². The zero-order valence-electron chi connectivity index (χ0n) is 9.60. The van der Waals surface area contributed by atoms with Crippen LogP contribution in [0, 0.1) is 6.92 Å². The molecule has 0 aliphatic heterocycles. The average molecular weight is 230 g/mol. The standard InChI is InChI=1S/C13H14N2O2/c1-9-8-10-4-2-3-5-11(10)15-13(9)14-7-6-12(16)17/h2-5,8H,6-7H2,1H3,(H,14,15)(H,16,17). The number of carboxylic acids is 1. The summed E-state index contributed by atoms with van der Waals surface area (Å²) in [6, 6.07) is 9.91. The lowest BCUT2D eigenvalue weighted by molar-refractivity contribution is -0.136. The molecule has 0 bridgehead atoms. The molecular weight excluding hydrogens is 216 g/mol. The van der Waals surface area contributed by atoms with Crippen molar-refractivity contribution in [2.24, 2.45) is 0 Å². The Bertz CT molecular complexity index is 552. The van der Waals surface area contributed by atoms with Crippen LogP contribution in [0.25, 0.3) is 10.9 Å². The van der Waals surface area contributed by atoms with E-state index in [1.165, 1.54) is 0 Å². The molecule has 2 rings (SSSR count). The molecule has 0 amide bonds. The highest BCUT2D eigenvalue weighted by molar-refractivity contribution is 5.81. The van der Waals surface area contributed by atoms with E-state index in [-0.39, 0.29) is 6.42 Å². The highest BCUT2D eigenvalue weighted by Crippen LogP contribution is 2.19. The number of hydrogen-bond acceptors (Lipinski definition) is 3. The number of rotatable bonds is 4. The van der Waals surface area contributed by atoms with E-state index < -0.39 is 5.97 Å². The van der Waals surface area contributed by atoms with Gasteiger partial charge in [-0.05, 0) is 24.6 Å². The van der Waals surface area contributed by atoms with Crippen molar-refractivity contribution in [1.82, 2.24) is 4.98 Å². The quantitative estimate of drug-likeness (QED) is 0.846. The van der Waals surface area contributed by atoms with Crippen molar-refractivity contribution in [3.8, 4) is 0 Å². The maximum absolute atomic E-state index is 10.4. The molecule has 0 atom stereocenters. The summed E-state index contributed by atoms with van der Waals surface area (Å²) in [5.41, 5.74) is 1.94. The first-order valence-corrected chi connectivity index (χ1v) is 5.49. The zero-order valence-corrected chi connectivity index (χ0v) is 9.60. The molecule has 2 N–H and O–H groups in total. The van der Waals surface area contributed by atoms with Gasteiger partial charge in [0.1, 0.15) is 5.82 Å². The van der Waals surface area contributed by atoms with Gasteiger partial charge < -0.3 is 10.4 Å². The number of carbonyl (C=O) groups is 1. The molecular formula is C13H14N2O2. The van der Waals surface area contributed by atoms with E-state index in [1.54, 1.807) is 0 Å². The Morgan fingerprint density at radius 2 is 2.18 bits per heavy atom. The fraction of sp³-hybridized carbons (Fsp3) is 0.231. The molecule has 0 fully saturated rings. The van der Waals surface area contributed by atoms with Crippen LogP contribution in [-0.2, 0) is 4.79 Å². The van der Waals surface area contributed by atoms with Crippen LogP contribution in [-0.4, -0.2) is 22.6 Å². The summed E-state index contributed by atoms with van der Waals surface area (Å²) in [6.45, 7) is 2.35. The Morgan fingerprint density at radius 1 is 1.41 bits per heavy atom. The fourth-order valence-electron chi connectivity index (χ4n) is 1.69. The molecule has 0 aliphatic rings. The Hall–Kier alpha value is -2.10. The van der Waals surface area contributed by atoms with Crippen LogP contribution in [0.4, 0.5) is 5.82 Å². The number of nitrogens with zero attached hydrogens (tertiary/aromatic N) is 1. The third-order valence-electron chi connectivity index (χ3n) is 2.55. The number of aromatic nitrogens is 1.